The molecule has 1 aliphatic heterocycles. The van der Waals surface area contributed by atoms with Crippen LogP contribution in [-0.2, 0) is 4.79 Å². The van der Waals surface area contributed by atoms with E-state index in [9.17, 15) is 15.0 Å². The van der Waals surface area contributed by atoms with Crippen molar-refractivity contribution in [3.63, 3.8) is 0 Å². The third kappa shape index (κ3) is 3.13. The van der Waals surface area contributed by atoms with Gasteiger partial charge in [-0.1, -0.05) is 30.3 Å². The highest BCUT2D eigenvalue weighted by atomic mass is 32.1. The molecule has 7 heteroatoms. The van der Waals surface area contributed by atoms with E-state index in [4.69, 9.17) is 10.1 Å². The molecule has 3 heterocycles. The van der Waals surface area contributed by atoms with Crippen molar-refractivity contribution < 1.29 is 15.0 Å². The van der Waals surface area contributed by atoms with Gasteiger partial charge in [-0.3, -0.25) is 4.79 Å². The first kappa shape index (κ1) is 20.2. The molecule has 2 unspecified atom stereocenters. The van der Waals surface area contributed by atoms with Gasteiger partial charge < -0.3 is 10.2 Å². The minimum Gasteiger partial charge on any atom is -0.507 e. The van der Waals surface area contributed by atoms with E-state index in [0.717, 1.165) is 27.4 Å². The molecular weight excluding hydrogens is 422 g/mol. The Bertz CT molecular complexity index is 1350. The van der Waals surface area contributed by atoms with Crippen molar-refractivity contribution in [1.29, 1.82) is 0 Å². The first-order valence-corrected chi connectivity index (χ1v) is 11.1. The molecule has 1 aliphatic rings. The molecule has 0 fully saturated rings. The number of aromatic nitrogens is 2. The van der Waals surface area contributed by atoms with Crippen molar-refractivity contribution in [2.75, 3.05) is 0 Å². The number of hydrogen-bond donors (Lipinski definition) is 2. The molecule has 0 aliphatic carbocycles. The van der Waals surface area contributed by atoms with Crippen molar-refractivity contribution >= 4 is 28.8 Å². The molecule has 6 nitrogen and oxygen atoms in total. The Hall–Kier alpha value is -3.71. The second kappa shape index (κ2) is 7.76. The van der Waals surface area contributed by atoms with Crippen LogP contribution in [0, 0.1) is 19.8 Å². The number of para-hydroxylation sites is 2. The summed E-state index contributed by atoms with van der Waals surface area (Å²) in [7, 11) is 0. The number of fused-ring (bicyclic) bond motifs is 1. The van der Waals surface area contributed by atoms with Crippen molar-refractivity contribution in [2.45, 2.75) is 19.8 Å². The third-order valence-electron chi connectivity index (χ3n) is 5.88. The molecule has 160 valence electrons. The molecule has 0 spiro atoms. The summed E-state index contributed by atoms with van der Waals surface area (Å²) in [4.78, 5) is 18.5. The number of benzene rings is 2. The summed E-state index contributed by atoms with van der Waals surface area (Å²) in [5, 5.41) is 27.7. The van der Waals surface area contributed by atoms with E-state index in [1.165, 1.54) is 11.3 Å². The zero-order valence-electron chi connectivity index (χ0n) is 17.6. The molecule has 0 bridgehead atoms. The van der Waals surface area contributed by atoms with E-state index < -0.39 is 17.8 Å². The minimum atomic E-state index is -0.984. The van der Waals surface area contributed by atoms with Crippen molar-refractivity contribution in [1.82, 2.24) is 9.78 Å². The second-order valence-corrected chi connectivity index (χ2v) is 8.79. The molecule has 0 saturated heterocycles. The molecule has 2 atom stereocenters. The number of carbonyl (C=O) groups is 1. The van der Waals surface area contributed by atoms with Gasteiger partial charge in [-0.2, -0.15) is 5.10 Å². The molecule has 0 amide bonds. The monoisotopic (exact) mass is 443 g/mol. The Morgan fingerprint density at radius 3 is 2.41 bits per heavy atom. The quantitative estimate of drug-likeness (QED) is 0.452. The maximum atomic E-state index is 12.7. The maximum absolute atomic E-state index is 12.7. The number of carboxylic acid groups (broad SMARTS) is 1. The molecule has 32 heavy (non-hydrogen) atoms. The smallest absolute Gasteiger partial charge is 0.313 e. The highest BCUT2D eigenvalue weighted by Crippen LogP contribution is 2.48. The first-order valence-electron chi connectivity index (χ1n) is 10.3. The van der Waals surface area contributed by atoms with Crippen molar-refractivity contribution in [2.24, 2.45) is 10.9 Å². The largest absolute Gasteiger partial charge is 0.507 e. The zero-order valence-corrected chi connectivity index (χ0v) is 18.4. The molecule has 5 rings (SSSR count). The standard InChI is InChI=1S/C25H21N3O3S/c1-14-12-13-32-23(14)20-19-15(2)27-28(16-8-4-3-5-9-16)24(19)26-22(21(20)25(30)31)17-10-6-7-11-18(17)29/h3-13,20-21,29H,1-2H3,(H,30,31). The van der Waals surface area contributed by atoms with Crippen molar-refractivity contribution in [3.8, 4) is 11.4 Å². The van der Waals surface area contributed by atoms with Crippen LogP contribution in [0.4, 0.5) is 5.82 Å². The zero-order chi connectivity index (χ0) is 22.4. The number of thiophene rings is 1. The summed E-state index contributed by atoms with van der Waals surface area (Å²) in [5.74, 6) is -1.80. The Morgan fingerprint density at radius 2 is 1.75 bits per heavy atom. The van der Waals surface area contributed by atoms with Gasteiger partial charge in [0, 0.05) is 21.9 Å². The van der Waals surface area contributed by atoms with Gasteiger partial charge in [0.05, 0.1) is 17.1 Å². The number of aryl methyl sites for hydroxylation is 2. The average molecular weight is 444 g/mol. The van der Waals surface area contributed by atoms with Crippen LogP contribution in [0.25, 0.3) is 5.69 Å². The number of hydrogen-bond acceptors (Lipinski definition) is 5. The van der Waals surface area contributed by atoms with Crippen molar-refractivity contribution in [3.05, 3.63) is 93.3 Å². The molecule has 0 radical (unpaired) electrons. The molecule has 4 aromatic rings. The van der Waals surface area contributed by atoms with Crippen LogP contribution in [0.2, 0.25) is 0 Å². The lowest BCUT2D eigenvalue weighted by Gasteiger charge is -2.30. The van der Waals surface area contributed by atoms with E-state index in [2.05, 4.69) is 0 Å². The van der Waals surface area contributed by atoms with Gasteiger partial charge in [0.25, 0.3) is 0 Å². The summed E-state index contributed by atoms with van der Waals surface area (Å²) in [6.07, 6.45) is 0. The van der Waals surface area contributed by atoms with Crippen LogP contribution in [-0.4, -0.2) is 31.7 Å². The number of carboxylic acids is 1. The molecular formula is C25H21N3O3S. The minimum absolute atomic E-state index is 0.00472. The molecule has 2 aromatic heterocycles. The fourth-order valence-electron chi connectivity index (χ4n) is 4.42. The Labute approximate surface area is 189 Å². The molecule has 2 aromatic carbocycles. The molecule has 2 N–H and O–H groups in total. The van der Waals surface area contributed by atoms with Crippen LogP contribution in [0.3, 0.4) is 0 Å². The predicted molar refractivity (Wildman–Crippen MR) is 125 cm³/mol. The third-order valence-corrected chi connectivity index (χ3v) is 6.98. The second-order valence-electron chi connectivity index (χ2n) is 7.85. The van der Waals surface area contributed by atoms with E-state index in [-0.39, 0.29) is 5.75 Å². The van der Waals surface area contributed by atoms with Crippen LogP contribution >= 0.6 is 11.3 Å². The summed E-state index contributed by atoms with van der Waals surface area (Å²) in [6.45, 7) is 3.89. The Morgan fingerprint density at radius 1 is 1.03 bits per heavy atom. The van der Waals surface area contributed by atoms with E-state index >= 15 is 0 Å². The summed E-state index contributed by atoms with van der Waals surface area (Å²) >= 11 is 1.54. The first-order chi connectivity index (χ1) is 15.5. The normalized spacial score (nSPS) is 17.6. The Kier molecular flexibility index (Phi) is 4.90. The topological polar surface area (TPSA) is 87.7 Å². The maximum Gasteiger partial charge on any atom is 0.313 e. The number of phenolic OH excluding ortho intramolecular Hbond substituents is 1. The lowest BCUT2D eigenvalue weighted by Crippen LogP contribution is -2.34. The van der Waals surface area contributed by atoms with E-state index in [0.29, 0.717) is 17.1 Å². The van der Waals surface area contributed by atoms with Crippen LogP contribution < -0.4 is 0 Å². The van der Waals surface area contributed by atoms with Gasteiger partial charge in [0.2, 0.25) is 0 Å². The number of aliphatic imine (C=N–C) groups is 1. The number of aromatic hydroxyl groups is 1. The Balaban J connectivity index is 1.86. The summed E-state index contributed by atoms with van der Waals surface area (Å²) < 4.78 is 1.76. The van der Waals surface area contributed by atoms with Crippen LogP contribution in [0.15, 0.2) is 71.0 Å². The van der Waals surface area contributed by atoms with Gasteiger partial charge in [0.15, 0.2) is 5.82 Å². The van der Waals surface area contributed by atoms with E-state index in [1.807, 2.05) is 55.6 Å². The van der Waals surface area contributed by atoms with Gasteiger partial charge in [-0.15, -0.1) is 11.3 Å². The molecule has 0 saturated carbocycles. The van der Waals surface area contributed by atoms with Gasteiger partial charge in [-0.05, 0) is 55.1 Å². The lowest BCUT2D eigenvalue weighted by atomic mass is 9.76. The van der Waals surface area contributed by atoms with Crippen LogP contribution in [0.5, 0.6) is 5.75 Å². The fourth-order valence-corrected chi connectivity index (χ4v) is 5.49. The summed E-state index contributed by atoms with van der Waals surface area (Å²) in [5.41, 5.74) is 4.18. The number of rotatable bonds is 4. The fraction of sp³-hybridized carbons (Fsp3) is 0.160. The SMILES string of the molecule is Cc1ccsc1C1c2c(C)nn(-c3ccccc3)c2N=C(c2ccccc2O)C1C(=O)O. The van der Waals surface area contributed by atoms with Gasteiger partial charge >= 0.3 is 5.97 Å². The highest BCUT2D eigenvalue weighted by molar-refractivity contribution is 7.10. The van der Waals surface area contributed by atoms with Gasteiger partial charge in [-0.25, -0.2) is 9.67 Å². The lowest BCUT2D eigenvalue weighted by molar-refractivity contribution is -0.139. The highest BCUT2D eigenvalue weighted by Gasteiger charge is 2.44. The number of phenols is 1. The number of nitrogens with zero attached hydrogens (tertiary/aromatic N) is 3. The predicted octanol–water partition coefficient (Wildman–Crippen LogP) is 5.22. The summed E-state index contributed by atoms with van der Waals surface area (Å²) in [6, 6.07) is 18.4. The number of aliphatic carboxylic acids is 1. The average Bonchev–Trinajstić information content (AvgIpc) is 3.36. The van der Waals surface area contributed by atoms with Crippen LogP contribution in [0.1, 0.15) is 33.2 Å². The van der Waals surface area contributed by atoms with Gasteiger partial charge in [0.1, 0.15) is 11.7 Å². The van der Waals surface area contributed by atoms with E-state index in [1.54, 1.807) is 28.9 Å².